The molecule has 1 amide bonds. The topological polar surface area (TPSA) is 95.9 Å². The Morgan fingerprint density at radius 1 is 1.24 bits per heavy atom. The normalized spacial score (nSPS) is 26.3. The first-order valence-electron chi connectivity index (χ1n) is 9.46. The van der Waals surface area contributed by atoms with Crippen LogP contribution in [0.1, 0.15) is 33.6 Å². The fourth-order valence-electron chi connectivity index (χ4n) is 3.92. The predicted molar refractivity (Wildman–Crippen MR) is 101 cm³/mol. The van der Waals surface area contributed by atoms with Crippen molar-refractivity contribution >= 4 is 15.9 Å². The Balaban J connectivity index is 1.87. The SMILES string of the molecule is CC(C)(C)OC(=O)N1[C@@H]2CC[C@H]1[C@@H]([C@H](O)C(F)(F)S(=O)(=O)c1ccccc1)NC2. The maximum atomic E-state index is 15.0. The van der Waals surface area contributed by atoms with E-state index in [1.165, 1.54) is 23.1 Å². The van der Waals surface area contributed by atoms with Crippen LogP contribution in [-0.4, -0.2) is 66.1 Å². The summed E-state index contributed by atoms with van der Waals surface area (Å²) in [6.45, 7) is 5.25. The summed E-state index contributed by atoms with van der Waals surface area (Å²) < 4.78 is 60.3. The summed E-state index contributed by atoms with van der Waals surface area (Å²) in [6.07, 6.45) is -2.28. The van der Waals surface area contributed by atoms with Gasteiger partial charge in [-0.2, -0.15) is 8.78 Å². The molecule has 162 valence electrons. The molecular weight excluding hydrogens is 406 g/mol. The Bertz CT molecular complexity index is 857. The van der Waals surface area contributed by atoms with E-state index in [1.807, 2.05) is 0 Å². The average molecular weight is 432 g/mol. The second-order valence-electron chi connectivity index (χ2n) is 8.44. The first-order valence-corrected chi connectivity index (χ1v) is 10.9. The lowest BCUT2D eigenvalue weighted by Gasteiger charge is -2.43. The molecule has 3 rings (SSSR count). The van der Waals surface area contributed by atoms with Crippen LogP contribution in [0.3, 0.4) is 0 Å². The highest BCUT2D eigenvalue weighted by molar-refractivity contribution is 7.92. The van der Waals surface area contributed by atoms with Crippen molar-refractivity contribution in [3.05, 3.63) is 30.3 Å². The molecule has 2 heterocycles. The number of carbonyl (C=O) groups excluding carboxylic acids is 1. The number of aliphatic hydroxyl groups excluding tert-OH is 1. The number of nitrogens with one attached hydrogen (secondary N) is 1. The van der Waals surface area contributed by atoms with E-state index in [2.05, 4.69) is 5.32 Å². The molecule has 4 atom stereocenters. The fraction of sp³-hybridized carbons (Fsp3) is 0.632. The van der Waals surface area contributed by atoms with Crippen molar-refractivity contribution in [1.29, 1.82) is 0 Å². The van der Waals surface area contributed by atoms with Gasteiger partial charge in [0.2, 0.25) is 9.84 Å². The molecule has 7 nitrogen and oxygen atoms in total. The van der Waals surface area contributed by atoms with Crippen LogP contribution in [0.15, 0.2) is 35.2 Å². The third kappa shape index (κ3) is 3.97. The zero-order valence-electron chi connectivity index (χ0n) is 16.5. The number of nitrogens with zero attached hydrogens (tertiary/aromatic N) is 1. The van der Waals surface area contributed by atoms with Gasteiger partial charge in [0, 0.05) is 12.6 Å². The van der Waals surface area contributed by atoms with Crippen molar-refractivity contribution in [2.45, 2.75) is 73.6 Å². The van der Waals surface area contributed by atoms with E-state index in [1.54, 1.807) is 20.8 Å². The second kappa shape index (κ2) is 7.48. The monoisotopic (exact) mass is 432 g/mol. The Labute approximate surface area is 168 Å². The van der Waals surface area contributed by atoms with E-state index in [9.17, 15) is 27.1 Å². The summed E-state index contributed by atoms with van der Waals surface area (Å²) in [7, 11) is -5.13. The summed E-state index contributed by atoms with van der Waals surface area (Å²) in [4.78, 5) is 13.4. The molecule has 2 fully saturated rings. The van der Waals surface area contributed by atoms with E-state index < -0.39 is 49.9 Å². The van der Waals surface area contributed by atoms with Gasteiger partial charge >= 0.3 is 11.3 Å². The van der Waals surface area contributed by atoms with Gasteiger partial charge in [-0.05, 0) is 45.7 Å². The number of ether oxygens (including phenoxy) is 1. The highest BCUT2D eigenvalue weighted by Crippen LogP contribution is 2.39. The number of aliphatic hydroxyl groups is 1. The van der Waals surface area contributed by atoms with Crippen LogP contribution < -0.4 is 5.32 Å². The third-order valence-electron chi connectivity index (χ3n) is 5.25. The number of sulfone groups is 1. The maximum absolute atomic E-state index is 15.0. The largest absolute Gasteiger partial charge is 0.444 e. The molecule has 0 aromatic heterocycles. The van der Waals surface area contributed by atoms with Crippen molar-refractivity contribution < 1.29 is 31.8 Å². The van der Waals surface area contributed by atoms with Gasteiger partial charge in [-0.25, -0.2) is 13.2 Å². The second-order valence-corrected chi connectivity index (χ2v) is 10.5. The number of carbonyl (C=O) groups is 1. The highest BCUT2D eigenvalue weighted by Gasteiger charge is 2.59. The molecule has 2 aliphatic heterocycles. The van der Waals surface area contributed by atoms with Crippen LogP contribution in [0.5, 0.6) is 0 Å². The molecule has 10 heteroatoms. The van der Waals surface area contributed by atoms with E-state index in [0.717, 1.165) is 12.1 Å². The number of halogens is 2. The lowest BCUT2D eigenvalue weighted by Crippen LogP contribution is -2.67. The lowest BCUT2D eigenvalue weighted by molar-refractivity contribution is -0.0818. The third-order valence-corrected chi connectivity index (χ3v) is 7.10. The van der Waals surface area contributed by atoms with Crippen molar-refractivity contribution in [3.63, 3.8) is 0 Å². The van der Waals surface area contributed by atoms with E-state index >= 15 is 0 Å². The molecule has 0 spiro atoms. The summed E-state index contributed by atoms with van der Waals surface area (Å²) >= 11 is 0. The number of fused-ring (bicyclic) bond motifs is 2. The van der Waals surface area contributed by atoms with Crippen LogP contribution in [0, 0.1) is 0 Å². The Kier molecular flexibility index (Phi) is 5.65. The summed E-state index contributed by atoms with van der Waals surface area (Å²) in [5.41, 5.74) is -0.768. The highest BCUT2D eigenvalue weighted by atomic mass is 32.2. The quantitative estimate of drug-likeness (QED) is 0.757. The van der Waals surface area contributed by atoms with Crippen LogP contribution in [0.2, 0.25) is 0 Å². The van der Waals surface area contributed by atoms with Gasteiger partial charge in [-0.15, -0.1) is 0 Å². The zero-order chi connectivity index (χ0) is 21.6. The summed E-state index contributed by atoms with van der Waals surface area (Å²) in [5.74, 6) is 0. The van der Waals surface area contributed by atoms with E-state index in [0.29, 0.717) is 12.8 Å². The average Bonchev–Trinajstić information content (AvgIpc) is 2.94. The maximum Gasteiger partial charge on any atom is 0.410 e. The molecule has 2 N–H and O–H groups in total. The molecule has 29 heavy (non-hydrogen) atoms. The van der Waals surface area contributed by atoms with Crippen LogP contribution in [0.25, 0.3) is 0 Å². The first kappa shape index (κ1) is 21.9. The molecule has 0 unspecified atom stereocenters. The predicted octanol–water partition coefficient (Wildman–Crippen LogP) is 2.15. The molecule has 0 aliphatic carbocycles. The number of hydrogen-bond acceptors (Lipinski definition) is 6. The van der Waals surface area contributed by atoms with Gasteiger partial charge in [0.25, 0.3) is 0 Å². The Hall–Kier alpha value is -1.78. The van der Waals surface area contributed by atoms with Gasteiger partial charge in [-0.1, -0.05) is 18.2 Å². The van der Waals surface area contributed by atoms with Gasteiger partial charge in [0.1, 0.15) is 5.60 Å². The molecule has 0 saturated carbocycles. The number of piperazine rings is 1. The first-order chi connectivity index (χ1) is 13.4. The Morgan fingerprint density at radius 3 is 2.45 bits per heavy atom. The number of alkyl halides is 2. The minimum atomic E-state index is -5.13. The van der Waals surface area contributed by atoms with Crippen molar-refractivity contribution in [1.82, 2.24) is 10.2 Å². The van der Waals surface area contributed by atoms with Gasteiger partial charge in [-0.3, -0.25) is 4.90 Å². The molecule has 2 aliphatic rings. The molecular formula is C19H26F2N2O5S. The Morgan fingerprint density at radius 2 is 1.86 bits per heavy atom. The zero-order valence-corrected chi connectivity index (χ0v) is 17.3. The molecule has 2 saturated heterocycles. The van der Waals surface area contributed by atoms with Gasteiger partial charge < -0.3 is 15.2 Å². The minimum absolute atomic E-state index is 0.166. The molecule has 2 bridgehead atoms. The van der Waals surface area contributed by atoms with Crippen molar-refractivity contribution in [2.75, 3.05) is 6.54 Å². The summed E-state index contributed by atoms with van der Waals surface area (Å²) in [6, 6.07) is 3.93. The fourth-order valence-corrected chi connectivity index (χ4v) is 5.21. The van der Waals surface area contributed by atoms with E-state index in [4.69, 9.17) is 4.74 Å². The van der Waals surface area contributed by atoms with Crippen LogP contribution in [-0.2, 0) is 14.6 Å². The van der Waals surface area contributed by atoms with Gasteiger partial charge in [0.15, 0.2) is 6.10 Å². The van der Waals surface area contributed by atoms with Crippen molar-refractivity contribution in [2.24, 2.45) is 0 Å². The van der Waals surface area contributed by atoms with Crippen LogP contribution in [0.4, 0.5) is 13.6 Å². The number of rotatable bonds is 4. The smallest absolute Gasteiger partial charge is 0.410 e. The molecule has 1 aromatic carbocycles. The van der Waals surface area contributed by atoms with Crippen molar-refractivity contribution in [3.8, 4) is 0 Å². The minimum Gasteiger partial charge on any atom is -0.444 e. The number of amides is 1. The molecule has 0 radical (unpaired) electrons. The van der Waals surface area contributed by atoms with E-state index in [-0.39, 0.29) is 12.6 Å². The number of benzene rings is 1. The number of hydrogen-bond donors (Lipinski definition) is 2. The van der Waals surface area contributed by atoms with Crippen LogP contribution >= 0.6 is 0 Å². The summed E-state index contributed by atoms with van der Waals surface area (Å²) in [5, 5.41) is 8.85. The lowest BCUT2D eigenvalue weighted by atomic mass is 9.99. The standard InChI is InChI=1S/C19H26F2N2O5S/c1-18(2,3)28-17(25)23-12-9-10-14(23)15(22-11-12)16(24)19(20,21)29(26,27)13-7-5-4-6-8-13/h4-8,12,14-16,22,24H,9-11H2,1-3H3/t12-,14+,15+,16+/m1/s1. The molecule has 1 aromatic rings. The van der Waals surface area contributed by atoms with Gasteiger partial charge in [0.05, 0.1) is 17.0 Å².